The molecule has 2 fully saturated rings. The molecule has 8 aromatic rings. The second-order valence-electron chi connectivity index (χ2n) is 24.2. The Morgan fingerprint density at radius 2 is 0.968 bits per heavy atom. The number of carboxylic acids is 1. The lowest BCUT2D eigenvalue weighted by atomic mass is 9.94. The number of unbranched alkanes of at least 4 members (excludes halogenated alkanes) is 1. The highest BCUT2D eigenvalue weighted by molar-refractivity contribution is 6.00. The zero-order valence-electron chi connectivity index (χ0n) is 52.2. The van der Waals surface area contributed by atoms with E-state index in [9.17, 15) is 43.8 Å². The number of hydrogen-bond donors (Lipinski definition) is 17. The molecule has 500 valence electrons. The third kappa shape index (κ3) is 16.5. The topological polar surface area (TPSA) is 450 Å². The molecule has 3 aromatic carbocycles. The number of hydrogen-bond acceptors (Lipinski definition) is 15. The Kier molecular flexibility index (Phi) is 21.9. The molecule has 1 unspecified atom stereocenters. The standard InChI is InChI=1S/C66H79N17O12/c1-2-66(65(94)95)21-20-48(83-66)57(86)47(17-9-10-22-67)76-59(88)50(23-36-28-70-44-14-6-3-11-41(36)44)77-60(89)51(24-37-29-71-45-15-7-4-12-42(37)45)78-63(92)54(27-40-32-69-35-74-40)81-64(93)55(33-84)82-61(90)52(25-38-30-72-46-16-8-5-13-43(38)46)79-62(91)53(26-39-31-68-34-73-39)80-58(87)49-18-19-56(85)75-49/h3-8,11-16,28-32,34-35,47-55,70-72,83-84H,2,9-10,17-27,33,67H2,1H3,(H,68,73)(H,69,74)(H,75,85)(H,76,88)(H,77,89)(H,78,92)(H,79,91)(H,80,87)(H,81,93)(H,82,90)(H,94,95)/t47-,48?,49-,50-,51-,52-,53-,54-,55-,66-/m0/s1. The van der Waals surface area contributed by atoms with E-state index in [2.05, 4.69) is 82.7 Å². The number of aliphatic hydroxyl groups excluding tert-OH is 1. The number of nitrogens with two attached hydrogens (primary N) is 1. The van der Waals surface area contributed by atoms with E-state index in [0.717, 1.165) is 16.4 Å². The number of H-pyrrole nitrogens is 5. The molecule has 0 spiro atoms. The predicted molar refractivity (Wildman–Crippen MR) is 347 cm³/mol. The summed E-state index contributed by atoms with van der Waals surface area (Å²) in [5, 5.41) is 48.2. The summed E-state index contributed by atoms with van der Waals surface area (Å²) < 4.78 is 0. The molecule has 29 nitrogen and oxygen atoms in total. The molecule has 0 radical (unpaired) electrons. The summed E-state index contributed by atoms with van der Waals surface area (Å²) in [5.74, 6) is -7.79. The number of aliphatic carboxylic acids is 1. The first-order chi connectivity index (χ1) is 45.9. The minimum Gasteiger partial charge on any atom is -0.480 e. The van der Waals surface area contributed by atoms with Crippen molar-refractivity contribution in [1.29, 1.82) is 0 Å². The van der Waals surface area contributed by atoms with Crippen LogP contribution in [0.25, 0.3) is 32.7 Å². The van der Waals surface area contributed by atoms with Gasteiger partial charge in [0.1, 0.15) is 47.8 Å². The maximum Gasteiger partial charge on any atom is 0.323 e. The monoisotopic (exact) mass is 1300 g/mol. The van der Waals surface area contributed by atoms with E-state index < -0.39 is 120 Å². The SMILES string of the molecule is CC[C@@]1(C(=O)O)CCC(C(=O)[C@H](CCCCN)NC(=O)[C@H](Cc2c[nH]c3ccccc23)NC(=O)[C@H](Cc2c[nH]c3ccccc23)NC(=O)[C@H](Cc2cnc[nH]2)NC(=O)[C@H](CO)NC(=O)[C@H](Cc2c[nH]c3ccccc23)NC(=O)[C@H](Cc2cnc[nH]2)NC(=O)[C@@H]2CCC(=O)N2)N1. The molecule has 2 saturated heterocycles. The summed E-state index contributed by atoms with van der Waals surface area (Å²) >= 11 is 0. The number of amides is 8. The first-order valence-electron chi connectivity index (χ1n) is 31.8. The molecule has 2 aliphatic rings. The van der Waals surface area contributed by atoms with E-state index in [1.807, 2.05) is 60.7 Å². The molecule has 2 aliphatic heterocycles. The van der Waals surface area contributed by atoms with Crippen molar-refractivity contribution < 1.29 is 58.2 Å². The number of nitrogens with zero attached hydrogens (tertiary/aromatic N) is 2. The fourth-order valence-electron chi connectivity index (χ4n) is 12.5. The highest BCUT2D eigenvalue weighted by atomic mass is 16.4. The number of nitrogens with one attached hydrogen (secondary N) is 14. The molecule has 0 bridgehead atoms. The van der Waals surface area contributed by atoms with Crippen LogP contribution in [-0.2, 0) is 80.0 Å². The van der Waals surface area contributed by atoms with Gasteiger partial charge in [0.05, 0.1) is 31.3 Å². The normalized spacial score (nSPS) is 18.4. The number of ketones is 1. The second kappa shape index (κ2) is 30.9. The van der Waals surface area contributed by atoms with Crippen molar-refractivity contribution in [3.63, 3.8) is 0 Å². The van der Waals surface area contributed by atoms with Crippen LogP contribution in [0.2, 0.25) is 0 Å². The van der Waals surface area contributed by atoms with Gasteiger partial charge in [0.25, 0.3) is 0 Å². The molecule has 18 N–H and O–H groups in total. The van der Waals surface area contributed by atoms with Gasteiger partial charge in [-0.15, -0.1) is 0 Å². The third-order valence-corrected chi connectivity index (χ3v) is 17.8. The summed E-state index contributed by atoms with van der Waals surface area (Å²) in [6.07, 6.45) is 11.8. The number of benzene rings is 3. The van der Waals surface area contributed by atoms with Gasteiger partial charge >= 0.3 is 5.97 Å². The van der Waals surface area contributed by atoms with Crippen LogP contribution in [-0.4, -0.2) is 177 Å². The van der Waals surface area contributed by atoms with E-state index in [-0.39, 0.29) is 76.5 Å². The van der Waals surface area contributed by atoms with Crippen LogP contribution in [0.3, 0.4) is 0 Å². The van der Waals surface area contributed by atoms with E-state index in [1.165, 1.54) is 25.0 Å². The van der Waals surface area contributed by atoms with Crippen LogP contribution < -0.4 is 53.6 Å². The van der Waals surface area contributed by atoms with Crippen LogP contribution in [0.15, 0.2) is 116 Å². The van der Waals surface area contributed by atoms with Gasteiger partial charge in [0.15, 0.2) is 5.78 Å². The largest absolute Gasteiger partial charge is 0.480 e. The Hall–Kier alpha value is -10.5. The van der Waals surface area contributed by atoms with Gasteiger partial charge in [0.2, 0.25) is 47.3 Å². The van der Waals surface area contributed by atoms with Crippen LogP contribution in [0.4, 0.5) is 0 Å². The summed E-state index contributed by atoms with van der Waals surface area (Å²) in [7, 11) is 0. The Bertz CT molecular complexity index is 4050. The molecule has 95 heavy (non-hydrogen) atoms. The molecule has 10 atom stereocenters. The number of para-hydroxylation sites is 3. The van der Waals surface area contributed by atoms with Crippen LogP contribution in [0.5, 0.6) is 0 Å². The maximum absolute atomic E-state index is 15.3. The van der Waals surface area contributed by atoms with E-state index in [1.54, 1.807) is 37.6 Å². The molecule has 7 heterocycles. The number of carboxylic acid groups (broad SMARTS) is 1. The van der Waals surface area contributed by atoms with Gasteiger partial charge < -0.3 is 83.4 Å². The van der Waals surface area contributed by atoms with E-state index in [4.69, 9.17) is 5.73 Å². The molecule has 0 saturated carbocycles. The molecule has 10 rings (SSSR count). The van der Waals surface area contributed by atoms with Crippen molar-refractivity contribution in [3.05, 3.63) is 145 Å². The molecule has 0 aliphatic carbocycles. The predicted octanol–water partition coefficient (Wildman–Crippen LogP) is 0.438. The summed E-state index contributed by atoms with van der Waals surface area (Å²) in [4.78, 5) is 165. The van der Waals surface area contributed by atoms with Crippen molar-refractivity contribution in [2.45, 2.75) is 150 Å². The first-order valence-corrected chi connectivity index (χ1v) is 31.8. The van der Waals surface area contributed by atoms with Crippen LogP contribution in [0, 0.1) is 0 Å². The maximum atomic E-state index is 15.3. The first kappa shape index (κ1) is 67.4. The number of Topliss-reactive ketones (excluding diaryl/α,β-unsaturated/α-hetero) is 1. The Morgan fingerprint density at radius 3 is 1.36 bits per heavy atom. The summed E-state index contributed by atoms with van der Waals surface area (Å²) in [5.41, 5.74) is 9.31. The van der Waals surface area contributed by atoms with E-state index >= 15 is 14.4 Å². The van der Waals surface area contributed by atoms with Crippen molar-refractivity contribution in [1.82, 2.24) is 82.7 Å². The number of rotatable bonds is 33. The van der Waals surface area contributed by atoms with Gasteiger partial charge in [-0.05, 0) is 86.4 Å². The third-order valence-electron chi connectivity index (χ3n) is 17.8. The zero-order chi connectivity index (χ0) is 67.2. The number of aromatic amines is 5. The van der Waals surface area contributed by atoms with Crippen LogP contribution in [0.1, 0.15) is 86.4 Å². The van der Waals surface area contributed by atoms with Crippen molar-refractivity contribution in [2.75, 3.05) is 13.2 Å². The molecular weight excluding hydrogens is 1220 g/mol. The highest BCUT2D eigenvalue weighted by Crippen LogP contribution is 2.29. The number of fused-ring (bicyclic) bond motifs is 3. The molecule has 8 amide bonds. The number of carbonyl (C=O) groups is 10. The highest BCUT2D eigenvalue weighted by Gasteiger charge is 2.47. The van der Waals surface area contributed by atoms with Crippen molar-refractivity contribution >= 4 is 91.7 Å². The average Bonchev–Trinajstić information content (AvgIpc) is 1.71. The quantitative estimate of drug-likeness (QED) is 0.0248. The number of imidazole rings is 2. The number of carbonyl (C=O) groups excluding carboxylic acids is 9. The van der Waals surface area contributed by atoms with Gasteiger partial charge in [0, 0.05) is 114 Å². The number of aliphatic hydroxyl groups is 1. The Labute approximate surface area is 544 Å². The Balaban J connectivity index is 0.914. The average molecular weight is 1300 g/mol. The lowest BCUT2D eigenvalue weighted by molar-refractivity contribution is -0.144. The lowest BCUT2D eigenvalue weighted by Crippen LogP contribution is -2.61. The fourth-order valence-corrected chi connectivity index (χ4v) is 12.5. The van der Waals surface area contributed by atoms with E-state index in [0.29, 0.717) is 63.8 Å². The minimum atomic E-state index is -1.77. The summed E-state index contributed by atoms with van der Waals surface area (Å²) in [6.45, 7) is 1.01. The smallest absolute Gasteiger partial charge is 0.323 e. The van der Waals surface area contributed by atoms with Gasteiger partial charge in [-0.1, -0.05) is 61.5 Å². The summed E-state index contributed by atoms with van der Waals surface area (Å²) in [6, 6.07) is 9.88. The molecular formula is C66H79N17O12. The van der Waals surface area contributed by atoms with Gasteiger partial charge in [-0.25, -0.2) is 9.97 Å². The lowest BCUT2D eigenvalue weighted by Gasteiger charge is -2.28. The molecule has 5 aromatic heterocycles. The Morgan fingerprint density at radius 1 is 0.547 bits per heavy atom. The van der Waals surface area contributed by atoms with Crippen molar-refractivity contribution in [3.8, 4) is 0 Å². The molecule has 29 heteroatoms. The van der Waals surface area contributed by atoms with Crippen molar-refractivity contribution in [2.24, 2.45) is 5.73 Å². The minimum absolute atomic E-state index is 0.109. The van der Waals surface area contributed by atoms with Gasteiger partial charge in [-0.2, -0.15) is 0 Å². The fraction of sp³-hybridized carbons (Fsp3) is 0.394. The van der Waals surface area contributed by atoms with Gasteiger partial charge in [-0.3, -0.25) is 53.3 Å². The number of aromatic nitrogens is 7. The second-order valence-corrected chi connectivity index (χ2v) is 24.2. The van der Waals surface area contributed by atoms with Crippen LogP contribution >= 0.6 is 0 Å². The zero-order valence-corrected chi connectivity index (χ0v) is 52.2.